The van der Waals surface area contributed by atoms with Gasteiger partial charge in [0.1, 0.15) is 0 Å². The molecular weight excluding hydrogens is 258 g/mol. The van der Waals surface area contributed by atoms with Crippen molar-refractivity contribution in [1.82, 2.24) is 10.2 Å². The standard InChI is InChI=1S/C14H27N3OS/c1-17(10-11-18-2)9-8-15-13-16-14(12-19-13)6-4-3-5-7-14/h3-12H2,1-2H3,(H,15,16). The molecule has 0 amide bonds. The number of nitrogens with zero attached hydrogens (tertiary/aromatic N) is 2. The molecule has 110 valence electrons. The summed E-state index contributed by atoms with van der Waals surface area (Å²) in [4.78, 5) is 6.97. The molecule has 2 aliphatic rings. The summed E-state index contributed by atoms with van der Waals surface area (Å²) < 4.78 is 5.07. The third kappa shape index (κ3) is 4.65. The Bertz CT molecular complexity index is 303. The SMILES string of the molecule is COCCN(C)CCN=C1NC2(CCCCC2)CS1. The van der Waals surface area contributed by atoms with Gasteiger partial charge in [-0.2, -0.15) is 0 Å². The highest BCUT2D eigenvalue weighted by Gasteiger charge is 2.37. The Morgan fingerprint density at radius 2 is 2.11 bits per heavy atom. The van der Waals surface area contributed by atoms with E-state index in [0.717, 1.165) is 26.2 Å². The van der Waals surface area contributed by atoms with E-state index in [9.17, 15) is 0 Å². The van der Waals surface area contributed by atoms with Crippen LogP contribution in [0, 0.1) is 0 Å². The lowest BCUT2D eigenvalue weighted by Crippen LogP contribution is -2.45. The van der Waals surface area contributed by atoms with Gasteiger partial charge in [0.15, 0.2) is 5.17 Å². The smallest absolute Gasteiger partial charge is 0.157 e. The monoisotopic (exact) mass is 285 g/mol. The van der Waals surface area contributed by atoms with Gasteiger partial charge >= 0.3 is 0 Å². The van der Waals surface area contributed by atoms with Crippen molar-refractivity contribution >= 4 is 16.9 Å². The second-order valence-electron chi connectivity index (χ2n) is 5.74. The Balaban J connectivity index is 1.69. The van der Waals surface area contributed by atoms with Gasteiger partial charge in [-0.15, -0.1) is 0 Å². The van der Waals surface area contributed by atoms with Crippen LogP contribution in [0.2, 0.25) is 0 Å². The average Bonchev–Trinajstić information content (AvgIpc) is 2.80. The minimum atomic E-state index is 0.379. The number of rotatable bonds is 6. The van der Waals surface area contributed by atoms with Gasteiger partial charge < -0.3 is 15.0 Å². The molecule has 1 heterocycles. The lowest BCUT2D eigenvalue weighted by Gasteiger charge is -2.32. The summed E-state index contributed by atoms with van der Waals surface area (Å²) in [5.74, 6) is 1.21. The topological polar surface area (TPSA) is 36.9 Å². The third-order valence-corrected chi connectivity index (χ3v) is 5.28. The molecule has 0 aromatic carbocycles. The molecule has 0 unspecified atom stereocenters. The number of nitrogens with one attached hydrogen (secondary N) is 1. The third-order valence-electron chi connectivity index (χ3n) is 4.08. The first kappa shape index (κ1) is 15.1. The number of methoxy groups -OCH3 is 1. The van der Waals surface area contributed by atoms with Crippen LogP contribution < -0.4 is 5.32 Å². The summed E-state index contributed by atoms with van der Waals surface area (Å²) in [5, 5.41) is 4.86. The van der Waals surface area contributed by atoms with E-state index in [1.165, 1.54) is 43.0 Å². The van der Waals surface area contributed by atoms with Crippen molar-refractivity contribution in [3.05, 3.63) is 0 Å². The van der Waals surface area contributed by atoms with Gasteiger partial charge in [0, 0.05) is 31.5 Å². The van der Waals surface area contributed by atoms with Crippen LogP contribution in [0.1, 0.15) is 32.1 Å². The normalized spacial score (nSPS) is 24.3. The quantitative estimate of drug-likeness (QED) is 0.809. The fourth-order valence-electron chi connectivity index (χ4n) is 2.77. The molecule has 4 nitrogen and oxygen atoms in total. The van der Waals surface area contributed by atoms with Crippen LogP contribution >= 0.6 is 11.8 Å². The molecule has 0 bridgehead atoms. The molecule has 2 fully saturated rings. The number of hydrogen-bond acceptors (Lipinski definition) is 4. The molecule has 0 aromatic heterocycles. The van der Waals surface area contributed by atoms with Crippen molar-refractivity contribution in [3.8, 4) is 0 Å². The molecule has 1 spiro atoms. The minimum absolute atomic E-state index is 0.379. The first-order valence-electron chi connectivity index (χ1n) is 7.37. The fourth-order valence-corrected chi connectivity index (χ4v) is 4.01. The van der Waals surface area contributed by atoms with Gasteiger partial charge in [0.05, 0.1) is 13.2 Å². The number of ether oxygens (including phenoxy) is 1. The fraction of sp³-hybridized carbons (Fsp3) is 0.929. The van der Waals surface area contributed by atoms with E-state index < -0.39 is 0 Å². The molecule has 1 N–H and O–H groups in total. The van der Waals surface area contributed by atoms with Crippen LogP contribution in [0.3, 0.4) is 0 Å². The summed E-state index contributed by atoms with van der Waals surface area (Å²) in [6.45, 7) is 3.66. The van der Waals surface area contributed by atoms with Crippen LogP contribution in [0.5, 0.6) is 0 Å². The zero-order valence-corrected chi connectivity index (χ0v) is 13.1. The van der Waals surface area contributed by atoms with E-state index in [1.54, 1.807) is 7.11 Å². The lowest BCUT2D eigenvalue weighted by atomic mass is 9.83. The Hall–Kier alpha value is -0.260. The zero-order chi connectivity index (χ0) is 13.6. The van der Waals surface area contributed by atoms with E-state index in [-0.39, 0.29) is 0 Å². The summed E-state index contributed by atoms with van der Waals surface area (Å²) in [5.41, 5.74) is 0.379. The molecule has 1 saturated heterocycles. The maximum Gasteiger partial charge on any atom is 0.157 e. The first-order chi connectivity index (χ1) is 9.24. The largest absolute Gasteiger partial charge is 0.383 e. The highest BCUT2D eigenvalue weighted by atomic mass is 32.2. The van der Waals surface area contributed by atoms with E-state index >= 15 is 0 Å². The summed E-state index contributed by atoms with van der Waals surface area (Å²) in [7, 11) is 3.87. The number of aliphatic imine (C=N–C) groups is 1. The van der Waals surface area contributed by atoms with E-state index in [2.05, 4.69) is 17.3 Å². The number of likely N-dealkylation sites (N-methyl/N-ethyl adjacent to an activating group) is 1. The molecule has 0 aromatic rings. The molecule has 5 heteroatoms. The van der Waals surface area contributed by atoms with Gasteiger partial charge in [-0.1, -0.05) is 31.0 Å². The van der Waals surface area contributed by atoms with Crippen molar-refractivity contribution in [1.29, 1.82) is 0 Å². The number of amidine groups is 1. The van der Waals surface area contributed by atoms with Crippen molar-refractivity contribution in [3.63, 3.8) is 0 Å². The van der Waals surface area contributed by atoms with Crippen LogP contribution in [-0.4, -0.2) is 61.8 Å². The highest BCUT2D eigenvalue weighted by molar-refractivity contribution is 8.14. The van der Waals surface area contributed by atoms with Gasteiger partial charge in [-0.25, -0.2) is 0 Å². The van der Waals surface area contributed by atoms with Crippen LogP contribution in [-0.2, 0) is 4.74 Å². The maximum absolute atomic E-state index is 5.07. The molecule has 2 rings (SSSR count). The molecule has 19 heavy (non-hydrogen) atoms. The molecular formula is C14H27N3OS. The Kier molecular flexibility index (Phi) is 5.98. The van der Waals surface area contributed by atoms with Gasteiger partial charge in [0.2, 0.25) is 0 Å². The van der Waals surface area contributed by atoms with E-state index in [4.69, 9.17) is 9.73 Å². The summed E-state index contributed by atoms with van der Waals surface area (Å²) in [6.07, 6.45) is 6.81. The van der Waals surface area contributed by atoms with Gasteiger partial charge in [0.25, 0.3) is 0 Å². The molecule has 1 saturated carbocycles. The molecule has 1 aliphatic heterocycles. The average molecular weight is 285 g/mol. The Morgan fingerprint density at radius 3 is 2.84 bits per heavy atom. The minimum Gasteiger partial charge on any atom is -0.383 e. The van der Waals surface area contributed by atoms with Gasteiger partial charge in [-0.3, -0.25) is 4.99 Å². The van der Waals surface area contributed by atoms with Crippen molar-refractivity contribution in [2.24, 2.45) is 4.99 Å². The maximum atomic E-state index is 5.07. The Morgan fingerprint density at radius 1 is 1.32 bits per heavy atom. The second kappa shape index (κ2) is 7.50. The Labute approximate surface area is 121 Å². The van der Waals surface area contributed by atoms with E-state index in [1.807, 2.05) is 11.8 Å². The van der Waals surface area contributed by atoms with Crippen LogP contribution in [0.4, 0.5) is 0 Å². The van der Waals surface area contributed by atoms with Crippen molar-refractivity contribution < 1.29 is 4.74 Å². The zero-order valence-electron chi connectivity index (χ0n) is 12.3. The lowest BCUT2D eigenvalue weighted by molar-refractivity contribution is 0.163. The summed E-state index contributed by atoms with van der Waals surface area (Å²) >= 11 is 1.91. The number of thioether (sulfide) groups is 1. The molecule has 0 radical (unpaired) electrons. The predicted octanol–water partition coefficient (Wildman–Crippen LogP) is 1.96. The van der Waals surface area contributed by atoms with E-state index in [0.29, 0.717) is 5.54 Å². The molecule has 0 atom stereocenters. The van der Waals surface area contributed by atoms with Crippen LogP contribution in [0.25, 0.3) is 0 Å². The van der Waals surface area contributed by atoms with Crippen LogP contribution in [0.15, 0.2) is 4.99 Å². The van der Waals surface area contributed by atoms with Gasteiger partial charge in [-0.05, 0) is 19.9 Å². The number of hydrogen-bond donors (Lipinski definition) is 1. The highest BCUT2D eigenvalue weighted by Crippen LogP contribution is 2.35. The predicted molar refractivity (Wildman–Crippen MR) is 83.1 cm³/mol. The second-order valence-corrected chi connectivity index (χ2v) is 6.70. The van der Waals surface area contributed by atoms with Crippen molar-refractivity contribution in [2.45, 2.75) is 37.6 Å². The molecule has 1 aliphatic carbocycles. The van der Waals surface area contributed by atoms with Crippen molar-refractivity contribution in [2.75, 3.05) is 46.2 Å². The summed E-state index contributed by atoms with van der Waals surface area (Å²) in [6, 6.07) is 0. The first-order valence-corrected chi connectivity index (χ1v) is 8.36.